The van der Waals surface area contributed by atoms with E-state index in [0.717, 1.165) is 36.5 Å². The summed E-state index contributed by atoms with van der Waals surface area (Å²) in [5.74, 6) is 0.0999. The number of hydrogen-bond acceptors (Lipinski definition) is 5. The van der Waals surface area contributed by atoms with Crippen molar-refractivity contribution >= 4 is 23.1 Å². The van der Waals surface area contributed by atoms with Gasteiger partial charge in [-0.3, -0.25) is 0 Å². The molecule has 1 saturated heterocycles. The van der Waals surface area contributed by atoms with Crippen molar-refractivity contribution in [3.63, 3.8) is 0 Å². The monoisotopic (exact) mass is 345 g/mol. The van der Waals surface area contributed by atoms with E-state index in [4.69, 9.17) is 11.6 Å². The van der Waals surface area contributed by atoms with E-state index < -0.39 is 5.82 Å². The summed E-state index contributed by atoms with van der Waals surface area (Å²) in [5.41, 5.74) is 3.02. The largest absolute Gasteiger partial charge is 0.369 e. The molecular weight excluding hydrogens is 329 g/mol. The summed E-state index contributed by atoms with van der Waals surface area (Å²) >= 11 is 5.86. The van der Waals surface area contributed by atoms with Gasteiger partial charge in [-0.1, -0.05) is 11.6 Å². The quantitative estimate of drug-likeness (QED) is 0.923. The van der Waals surface area contributed by atoms with Crippen LogP contribution in [0.3, 0.4) is 0 Å². The number of anilines is 2. The third kappa shape index (κ3) is 3.13. The Morgan fingerprint density at radius 1 is 1.38 bits per heavy atom. The number of aryl methyl sites for hydroxylation is 1. The van der Waals surface area contributed by atoms with E-state index in [1.807, 2.05) is 13.8 Å². The maximum absolute atomic E-state index is 13.3. The highest BCUT2D eigenvalue weighted by atomic mass is 35.5. The highest BCUT2D eigenvalue weighted by molar-refractivity contribution is 6.31. The van der Waals surface area contributed by atoms with E-state index in [9.17, 15) is 9.65 Å². The van der Waals surface area contributed by atoms with Crippen molar-refractivity contribution < 1.29 is 4.39 Å². The Morgan fingerprint density at radius 3 is 2.88 bits per heavy atom. The number of aromatic nitrogens is 2. The molecule has 24 heavy (non-hydrogen) atoms. The van der Waals surface area contributed by atoms with E-state index in [-0.39, 0.29) is 11.1 Å². The molecule has 1 aliphatic heterocycles. The van der Waals surface area contributed by atoms with Crippen LogP contribution in [0.15, 0.2) is 18.2 Å². The zero-order chi connectivity index (χ0) is 17.3. The molecule has 124 valence electrons. The highest BCUT2D eigenvalue weighted by Gasteiger charge is 2.25. The van der Waals surface area contributed by atoms with Crippen LogP contribution >= 0.6 is 11.6 Å². The van der Waals surface area contributed by atoms with Crippen LogP contribution in [-0.2, 0) is 0 Å². The number of nitrogens with zero attached hydrogens (tertiary/aromatic N) is 4. The Morgan fingerprint density at radius 2 is 2.17 bits per heavy atom. The Hall–Kier alpha value is -2.39. The lowest BCUT2D eigenvalue weighted by atomic mass is 10.1. The van der Waals surface area contributed by atoms with Gasteiger partial charge in [-0.2, -0.15) is 10.4 Å². The summed E-state index contributed by atoms with van der Waals surface area (Å²) in [6, 6.07) is 7.07. The first-order chi connectivity index (χ1) is 11.5. The fraction of sp³-hybridized carbons (Fsp3) is 0.353. The number of hydrogen-bond donors (Lipinski definition) is 1. The highest BCUT2D eigenvalue weighted by Crippen LogP contribution is 2.27. The van der Waals surface area contributed by atoms with Crippen molar-refractivity contribution in [2.75, 3.05) is 23.3 Å². The zero-order valence-electron chi connectivity index (χ0n) is 13.5. The van der Waals surface area contributed by atoms with Crippen molar-refractivity contribution in [2.45, 2.75) is 26.3 Å². The van der Waals surface area contributed by atoms with Crippen LogP contribution in [0, 0.1) is 31.0 Å². The van der Waals surface area contributed by atoms with Gasteiger partial charge in [0.15, 0.2) is 5.82 Å². The van der Waals surface area contributed by atoms with E-state index in [1.54, 1.807) is 12.1 Å². The van der Waals surface area contributed by atoms with Crippen LogP contribution in [0.5, 0.6) is 0 Å². The molecule has 3 rings (SSSR count). The maximum atomic E-state index is 13.3. The van der Waals surface area contributed by atoms with E-state index in [1.165, 1.54) is 6.07 Å². The summed E-state index contributed by atoms with van der Waals surface area (Å²) in [6.45, 7) is 5.25. The third-order valence-electron chi connectivity index (χ3n) is 4.36. The first-order valence-electron chi connectivity index (χ1n) is 7.70. The number of rotatable bonds is 3. The minimum absolute atomic E-state index is 0.121. The SMILES string of the molecule is Cc1nnc(NC2CCN(c3ccc(F)c(Cl)c3)C2)c(C#N)c1C. The molecular formula is C17H17ClFN5. The summed E-state index contributed by atoms with van der Waals surface area (Å²) in [6.07, 6.45) is 0.883. The summed E-state index contributed by atoms with van der Waals surface area (Å²) in [7, 11) is 0. The summed E-state index contributed by atoms with van der Waals surface area (Å²) in [5, 5.41) is 21.0. The fourth-order valence-corrected chi connectivity index (χ4v) is 3.01. The molecule has 5 nitrogen and oxygen atoms in total. The molecule has 0 spiro atoms. The first-order valence-corrected chi connectivity index (χ1v) is 8.08. The molecule has 1 atom stereocenters. The molecule has 1 aromatic carbocycles. The minimum atomic E-state index is -0.418. The number of halogens is 2. The van der Waals surface area contributed by atoms with Gasteiger partial charge < -0.3 is 10.2 Å². The predicted molar refractivity (Wildman–Crippen MR) is 91.9 cm³/mol. The van der Waals surface area contributed by atoms with Crippen LogP contribution in [0.1, 0.15) is 23.2 Å². The number of benzene rings is 1. The number of nitrogens with one attached hydrogen (secondary N) is 1. The van der Waals surface area contributed by atoms with Crippen LogP contribution in [-0.4, -0.2) is 29.3 Å². The van der Waals surface area contributed by atoms with Gasteiger partial charge in [0.2, 0.25) is 0 Å². The molecule has 1 fully saturated rings. The lowest BCUT2D eigenvalue weighted by molar-refractivity contribution is 0.628. The molecule has 0 bridgehead atoms. The van der Waals surface area contributed by atoms with Crippen LogP contribution in [0.4, 0.5) is 15.9 Å². The smallest absolute Gasteiger partial charge is 0.167 e. The summed E-state index contributed by atoms with van der Waals surface area (Å²) < 4.78 is 13.3. The topological polar surface area (TPSA) is 64.8 Å². The maximum Gasteiger partial charge on any atom is 0.167 e. The second-order valence-corrected chi connectivity index (χ2v) is 6.33. The third-order valence-corrected chi connectivity index (χ3v) is 4.65. The Bertz CT molecular complexity index is 817. The number of nitriles is 1. The molecule has 1 N–H and O–H groups in total. The standard InChI is InChI=1S/C17H17ClFN5/c1-10-11(2)22-23-17(14(10)8-20)21-12-5-6-24(9-12)13-3-4-16(19)15(18)7-13/h3-4,7,12H,5-6,9H2,1-2H3,(H,21,23). The Balaban J connectivity index is 1.74. The van der Waals surface area contributed by atoms with E-state index in [0.29, 0.717) is 11.4 Å². The molecule has 7 heteroatoms. The molecule has 2 heterocycles. The van der Waals surface area contributed by atoms with Gasteiger partial charge in [0.05, 0.1) is 10.7 Å². The lowest BCUT2D eigenvalue weighted by Crippen LogP contribution is -2.27. The molecule has 0 radical (unpaired) electrons. The second kappa shape index (κ2) is 6.62. The van der Waals surface area contributed by atoms with Gasteiger partial charge in [-0.25, -0.2) is 4.39 Å². The van der Waals surface area contributed by atoms with Gasteiger partial charge in [0.1, 0.15) is 17.4 Å². The Labute approximate surface area is 145 Å². The molecule has 1 unspecified atom stereocenters. The van der Waals surface area contributed by atoms with Crippen molar-refractivity contribution in [3.05, 3.63) is 45.9 Å². The Kier molecular flexibility index (Phi) is 4.54. The average Bonchev–Trinajstić information content (AvgIpc) is 3.02. The molecule has 1 aromatic heterocycles. The van der Waals surface area contributed by atoms with Crippen LogP contribution < -0.4 is 10.2 Å². The lowest BCUT2D eigenvalue weighted by Gasteiger charge is -2.20. The van der Waals surface area contributed by atoms with Crippen molar-refractivity contribution in [1.29, 1.82) is 5.26 Å². The minimum Gasteiger partial charge on any atom is -0.369 e. The predicted octanol–water partition coefficient (Wildman–Crippen LogP) is 3.45. The summed E-state index contributed by atoms with van der Waals surface area (Å²) in [4.78, 5) is 2.13. The van der Waals surface area contributed by atoms with Crippen molar-refractivity contribution in [2.24, 2.45) is 0 Å². The fourth-order valence-electron chi connectivity index (χ4n) is 2.83. The molecule has 2 aromatic rings. The molecule has 0 amide bonds. The van der Waals surface area contributed by atoms with E-state index in [2.05, 4.69) is 26.5 Å². The first kappa shape index (κ1) is 16.5. The van der Waals surface area contributed by atoms with Crippen molar-refractivity contribution in [1.82, 2.24) is 10.2 Å². The van der Waals surface area contributed by atoms with Crippen molar-refractivity contribution in [3.8, 4) is 6.07 Å². The van der Waals surface area contributed by atoms with Gasteiger partial charge >= 0.3 is 0 Å². The van der Waals surface area contributed by atoms with Gasteiger partial charge in [0.25, 0.3) is 0 Å². The van der Waals surface area contributed by atoms with Crippen LogP contribution in [0.2, 0.25) is 5.02 Å². The normalized spacial score (nSPS) is 17.0. The van der Waals surface area contributed by atoms with E-state index >= 15 is 0 Å². The van der Waals surface area contributed by atoms with Gasteiger partial charge in [-0.05, 0) is 44.0 Å². The average molecular weight is 346 g/mol. The molecule has 1 aliphatic rings. The molecule has 0 saturated carbocycles. The second-order valence-electron chi connectivity index (χ2n) is 5.92. The van der Waals surface area contributed by atoms with Gasteiger partial charge in [0, 0.05) is 24.8 Å². The van der Waals surface area contributed by atoms with Crippen LogP contribution in [0.25, 0.3) is 0 Å². The van der Waals surface area contributed by atoms with Gasteiger partial charge in [-0.15, -0.1) is 5.10 Å². The zero-order valence-corrected chi connectivity index (χ0v) is 14.2. The molecule has 0 aliphatic carbocycles.